The number of thiophene rings is 1. The van der Waals surface area contributed by atoms with E-state index in [0.717, 1.165) is 34.7 Å². The van der Waals surface area contributed by atoms with Crippen LogP contribution in [0.4, 0.5) is 0 Å². The first-order chi connectivity index (χ1) is 10.1. The third-order valence-electron chi connectivity index (χ3n) is 4.64. The van der Waals surface area contributed by atoms with Gasteiger partial charge >= 0.3 is 0 Å². The van der Waals surface area contributed by atoms with Crippen LogP contribution < -0.4 is 5.56 Å². The lowest BCUT2D eigenvalue weighted by molar-refractivity contribution is 0.211. The van der Waals surface area contributed by atoms with Crippen LogP contribution in [-0.4, -0.2) is 28.0 Å². The molecule has 114 valence electrons. The fourth-order valence-corrected chi connectivity index (χ4v) is 4.16. The van der Waals surface area contributed by atoms with E-state index in [1.54, 1.807) is 11.3 Å². The van der Waals surface area contributed by atoms with E-state index in [4.69, 9.17) is 4.98 Å². The van der Waals surface area contributed by atoms with E-state index in [1.165, 1.54) is 30.6 Å². The number of nitrogens with zero attached hydrogens (tertiary/aromatic N) is 2. The maximum absolute atomic E-state index is 12.4. The molecule has 0 saturated carbocycles. The van der Waals surface area contributed by atoms with Crippen molar-refractivity contribution in [3.05, 3.63) is 26.6 Å². The normalized spacial score (nSPS) is 18.8. The summed E-state index contributed by atoms with van der Waals surface area (Å²) in [6.45, 7) is 8.42. The molecule has 0 bridgehead atoms. The van der Waals surface area contributed by atoms with Crippen molar-refractivity contribution in [3.8, 4) is 0 Å². The van der Waals surface area contributed by atoms with Crippen molar-refractivity contribution in [2.24, 2.45) is 0 Å². The number of likely N-dealkylation sites (tertiary alicyclic amines) is 1. The highest BCUT2D eigenvalue weighted by molar-refractivity contribution is 7.18. The second-order valence-electron chi connectivity index (χ2n) is 6.04. The molecule has 1 atom stereocenters. The van der Waals surface area contributed by atoms with Gasteiger partial charge in [0.2, 0.25) is 0 Å². The second kappa shape index (κ2) is 5.89. The largest absolute Gasteiger partial charge is 0.309 e. The van der Waals surface area contributed by atoms with E-state index >= 15 is 0 Å². The maximum Gasteiger partial charge on any atom is 0.259 e. The number of aromatic amines is 1. The number of hydrogen-bond donors (Lipinski definition) is 1. The minimum Gasteiger partial charge on any atom is -0.309 e. The van der Waals surface area contributed by atoms with Gasteiger partial charge in [0.1, 0.15) is 10.7 Å². The Bertz CT molecular complexity index is 695. The van der Waals surface area contributed by atoms with E-state index in [-0.39, 0.29) is 11.6 Å². The zero-order valence-electron chi connectivity index (χ0n) is 13.0. The molecule has 0 unspecified atom stereocenters. The first-order valence-corrected chi connectivity index (χ1v) is 8.63. The zero-order chi connectivity index (χ0) is 15.0. The number of fused-ring (bicyclic) bond motifs is 1. The molecule has 0 amide bonds. The number of H-pyrrole nitrogens is 1. The van der Waals surface area contributed by atoms with Gasteiger partial charge in [-0.2, -0.15) is 0 Å². The Hall–Kier alpha value is -1.20. The molecule has 1 aliphatic heterocycles. The van der Waals surface area contributed by atoms with Crippen molar-refractivity contribution >= 4 is 21.6 Å². The Labute approximate surface area is 129 Å². The van der Waals surface area contributed by atoms with Crippen molar-refractivity contribution < 1.29 is 0 Å². The molecule has 0 aliphatic carbocycles. The minimum absolute atomic E-state index is 0.0125. The number of hydrogen-bond acceptors (Lipinski definition) is 4. The highest BCUT2D eigenvalue weighted by Crippen LogP contribution is 2.28. The third kappa shape index (κ3) is 2.77. The van der Waals surface area contributed by atoms with Crippen LogP contribution in [0.1, 0.15) is 54.9 Å². The summed E-state index contributed by atoms with van der Waals surface area (Å²) in [6, 6.07) is 0.183. The lowest BCUT2D eigenvalue weighted by atomic mass is 10.2. The minimum atomic E-state index is 0.0125. The van der Waals surface area contributed by atoms with Gasteiger partial charge in [0.05, 0.1) is 11.4 Å². The van der Waals surface area contributed by atoms with Crippen LogP contribution in [0.25, 0.3) is 10.2 Å². The molecular weight excluding hydrogens is 282 g/mol. The SMILES string of the molecule is Cc1sc2nc([C@H](C)N3CCCCCC3)[nH]c(=O)c2c1C. The van der Waals surface area contributed by atoms with E-state index in [1.807, 2.05) is 6.92 Å². The standard InChI is InChI=1S/C16H23N3OS/c1-10-12(3)21-16-13(10)15(20)17-14(18-16)11(2)19-8-6-4-5-7-9-19/h11H,4-9H2,1-3H3,(H,17,18,20)/t11-/m0/s1. The summed E-state index contributed by atoms with van der Waals surface area (Å²) in [4.78, 5) is 24.7. The molecule has 2 aromatic heterocycles. The van der Waals surface area contributed by atoms with Crippen molar-refractivity contribution in [1.29, 1.82) is 0 Å². The fraction of sp³-hybridized carbons (Fsp3) is 0.625. The molecular formula is C16H23N3OS. The Balaban J connectivity index is 1.98. The first-order valence-electron chi connectivity index (χ1n) is 7.82. The van der Waals surface area contributed by atoms with Gasteiger partial charge in [-0.15, -0.1) is 11.3 Å². The highest BCUT2D eigenvalue weighted by atomic mass is 32.1. The molecule has 0 radical (unpaired) electrons. The van der Waals surface area contributed by atoms with Crippen molar-refractivity contribution in [2.75, 3.05) is 13.1 Å². The molecule has 1 fully saturated rings. The fourth-order valence-electron chi connectivity index (χ4n) is 3.12. The summed E-state index contributed by atoms with van der Waals surface area (Å²) in [5.74, 6) is 0.815. The van der Waals surface area contributed by atoms with Gasteiger partial charge < -0.3 is 4.98 Å². The lowest BCUT2D eigenvalue weighted by Gasteiger charge is -2.26. The molecule has 5 heteroatoms. The van der Waals surface area contributed by atoms with Crippen LogP contribution in [0.15, 0.2) is 4.79 Å². The van der Waals surface area contributed by atoms with Crippen molar-refractivity contribution in [1.82, 2.24) is 14.9 Å². The molecule has 0 spiro atoms. The van der Waals surface area contributed by atoms with Gasteiger partial charge in [0.15, 0.2) is 0 Å². The summed E-state index contributed by atoms with van der Waals surface area (Å²) in [5, 5.41) is 0.768. The molecule has 1 aliphatic rings. The quantitative estimate of drug-likeness (QED) is 0.923. The zero-order valence-corrected chi connectivity index (χ0v) is 13.8. The Kier molecular flexibility index (Phi) is 4.13. The van der Waals surface area contributed by atoms with Crippen molar-refractivity contribution in [3.63, 3.8) is 0 Å². The molecule has 4 nitrogen and oxygen atoms in total. The molecule has 1 saturated heterocycles. The van der Waals surface area contributed by atoms with E-state index in [2.05, 4.69) is 23.7 Å². The number of aryl methyl sites for hydroxylation is 2. The van der Waals surface area contributed by atoms with Gasteiger partial charge in [0, 0.05) is 4.88 Å². The van der Waals surface area contributed by atoms with E-state index in [0.29, 0.717) is 0 Å². The predicted molar refractivity (Wildman–Crippen MR) is 88.2 cm³/mol. The van der Waals surface area contributed by atoms with Gasteiger partial charge in [-0.25, -0.2) is 4.98 Å². The van der Waals surface area contributed by atoms with Crippen LogP contribution in [0.5, 0.6) is 0 Å². The Morgan fingerprint density at radius 2 is 1.86 bits per heavy atom. The predicted octanol–water partition coefficient (Wildman–Crippen LogP) is 3.54. The monoisotopic (exact) mass is 305 g/mol. The Morgan fingerprint density at radius 3 is 2.52 bits per heavy atom. The average molecular weight is 305 g/mol. The summed E-state index contributed by atoms with van der Waals surface area (Å²) in [6.07, 6.45) is 5.12. The van der Waals surface area contributed by atoms with Gasteiger partial charge in [0.25, 0.3) is 5.56 Å². The van der Waals surface area contributed by atoms with Crippen LogP contribution >= 0.6 is 11.3 Å². The summed E-state index contributed by atoms with van der Waals surface area (Å²) in [5.41, 5.74) is 1.08. The average Bonchev–Trinajstić information content (AvgIpc) is 2.67. The van der Waals surface area contributed by atoms with Crippen molar-refractivity contribution in [2.45, 2.75) is 52.5 Å². The molecule has 3 rings (SSSR count). The molecule has 1 N–H and O–H groups in total. The molecule has 3 heterocycles. The smallest absolute Gasteiger partial charge is 0.259 e. The van der Waals surface area contributed by atoms with Crippen LogP contribution in [0.3, 0.4) is 0 Å². The third-order valence-corrected chi connectivity index (χ3v) is 5.74. The highest BCUT2D eigenvalue weighted by Gasteiger charge is 2.21. The number of rotatable bonds is 2. The summed E-state index contributed by atoms with van der Waals surface area (Å²) >= 11 is 1.63. The van der Waals surface area contributed by atoms with E-state index in [9.17, 15) is 4.79 Å². The van der Waals surface area contributed by atoms with Gasteiger partial charge in [-0.05, 0) is 52.3 Å². The Morgan fingerprint density at radius 1 is 1.19 bits per heavy atom. The lowest BCUT2D eigenvalue weighted by Crippen LogP contribution is -2.30. The molecule has 0 aromatic carbocycles. The summed E-state index contributed by atoms with van der Waals surface area (Å²) in [7, 11) is 0. The van der Waals surface area contributed by atoms with Crippen LogP contribution in [0.2, 0.25) is 0 Å². The second-order valence-corrected chi connectivity index (χ2v) is 7.24. The van der Waals surface area contributed by atoms with Crippen LogP contribution in [0, 0.1) is 13.8 Å². The number of aromatic nitrogens is 2. The molecule has 2 aromatic rings. The van der Waals surface area contributed by atoms with Gasteiger partial charge in [-0.1, -0.05) is 12.8 Å². The summed E-state index contributed by atoms with van der Waals surface area (Å²) < 4.78 is 0. The maximum atomic E-state index is 12.4. The first kappa shape index (κ1) is 14.7. The van der Waals surface area contributed by atoms with Crippen LogP contribution in [-0.2, 0) is 0 Å². The van der Waals surface area contributed by atoms with E-state index < -0.39 is 0 Å². The van der Waals surface area contributed by atoms with Gasteiger partial charge in [-0.3, -0.25) is 9.69 Å². The molecule has 21 heavy (non-hydrogen) atoms. The topological polar surface area (TPSA) is 49.0 Å². The number of nitrogens with one attached hydrogen (secondary N) is 1.